The van der Waals surface area contributed by atoms with Crippen LogP contribution in [0.25, 0.3) is 0 Å². The molecular formula is C11H11BrFN3O4. The smallest absolute Gasteiger partial charge is 0.408 e. The Hall–Kier alpha value is -1.74. The molecule has 7 nitrogen and oxygen atoms in total. The molecule has 1 saturated heterocycles. The van der Waals surface area contributed by atoms with Gasteiger partial charge in [-0.15, -0.1) is 0 Å². The predicted octanol–water partition coefficient (Wildman–Crippen LogP) is 0.844. The molecule has 0 spiro atoms. The minimum atomic E-state index is -1.79. The lowest BCUT2D eigenvalue weighted by Gasteiger charge is -2.21. The van der Waals surface area contributed by atoms with Crippen LogP contribution in [0.15, 0.2) is 22.8 Å². The number of alkyl halides is 1. The summed E-state index contributed by atoms with van der Waals surface area (Å²) in [6.07, 6.45) is -4.96. The Bertz CT molecular complexity index is 544. The van der Waals surface area contributed by atoms with Crippen molar-refractivity contribution in [2.45, 2.75) is 18.3 Å². The Balaban J connectivity index is 2.16. The second-order valence-corrected chi connectivity index (χ2v) is 5.03. The van der Waals surface area contributed by atoms with Gasteiger partial charge in [-0.1, -0.05) is 6.07 Å². The van der Waals surface area contributed by atoms with E-state index in [2.05, 4.69) is 26.2 Å². The van der Waals surface area contributed by atoms with Gasteiger partial charge in [0.05, 0.1) is 6.54 Å². The number of nitrogens with one attached hydrogen (secondary N) is 1. The first-order valence-electron chi connectivity index (χ1n) is 5.65. The van der Waals surface area contributed by atoms with Gasteiger partial charge in [-0.25, -0.2) is 14.2 Å². The number of amides is 2. The fourth-order valence-electron chi connectivity index (χ4n) is 1.96. The monoisotopic (exact) mass is 347 g/mol. The largest absolute Gasteiger partial charge is 0.465 e. The van der Waals surface area contributed by atoms with Crippen LogP contribution < -0.4 is 5.32 Å². The van der Waals surface area contributed by atoms with Crippen LogP contribution in [0.1, 0.15) is 0 Å². The van der Waals surface area contributed by atoms with Crippen LogP contribution in [-0.4, -0.2) is 57.0 Å². The Morgan fingerprint density at radius 3 is 2.80 bits per heavy atom. The van der Waals surface area contributed by atoms with E-state index in [1.54, 1.807) is 12.1 Å². The minimum absolute atomic E-state index is 0.171. The number of aliphatic hydroxyl groups excluding tert-OH is 1. The number of halogens is 2. The number of carbonyl (C=O) groups is 2. The molecule has 0 aliphatic carbocycles. The van der Waals surface area contributed by atoms with Crippen LogP contribution in [-0.2, 0) is 4.79 Å². The number of rotatable bonds is 2. The fraction of sp³-hybridized carbons (Fsp3) is 0.364. The topological polar surface area (TPSA) is 103 Å². The van der Waals surface area contributed by atoms with Crippen LogP contribution >= 0.6 is 15.9 Å². The number of hydrogen-bond donors (Lipinski definition) is 3. The van der Waals surface area contributed by atoms with E-state index in [1.807, 2.05) is 0 Å². The molecule has 3 atom stereocenters. The van der Waals surface area contributed by atoms with Gasteiger partial charge in [0, 0.05) is 0 Å². The molecule has 1 aromatic heterocycles. The predicted molar refractivity (Wildman–Crippen MR) is 70.0 cm³/mol. The maximum atomic E-state index is 13.4. The number of carbonyl (C=O) groups excluding carboxylic acids is 1. The van der Waals surface area contributed by atoms with E-state index < -0.39 is 36.9 Å². The molecule has 3 N–H and O–H groups in total. The van der Waals surface area contributed by atoms with Gasteiger partial charge in [0.15, 0.2) is 0 Å². The molecule has 0 saturated carbocycles. The van der Waals surface area contributed by atoms with Crippen molar-refractivity contribution in [1.29, 1.82) is 0 Å². The zero-order chi connectivity index (χ0) is 14.9. The van der Waals surface area contributed by atoms with E-state index in [4.69, 9.17) is 5.11 Å². The first-order valence-corrected chi connectivity index (χ1v) is 6.44. The first kappa shape index (κ1) is 14.7. The standard InChI is InChI=1S/C11H11BrFN3O4/c12-6-2-1-3-7(14-6)15-10(18)8-9(17)5(13)4-16(8)11(19)20/h1-3,5,8-9,17H,4H2,(H,19,20)(H,14,15,18). The van der Waals surface area contributed by atoms with Crippen molar-refractivity contribution in [3.63, 3.8) is 0 Å². The molecule has 108 valence electrons. The van der Waals surface area contributed by atoms with Crippen LogP contribution in [0.4, 0.5) is 15.0 Å². The Labute approximate surface area is 121 Å². The molecule has 2 heterocycles. The summed E-state index contributed by atoms with van der Waals surface area (Å²) >= 11 is 3.12. The highest BCUT2D eigenvalue weighted by Crippen LogP contribution is 2.22. The van der Waals surface area contributed by atoms with Crippen LogP contribution in [0.3, 0.4) is 0 Å². The van der Waals surface area contributed by atoms with Crippen molar-refractivity contribution < 1.29 is 24.2 Å². The molecule has 2 rings (SSSR count). The fourth-order valence-corrected chi connectivity index (χ4v) is 2.31. The van der Waals surface area contributed by atoms with Crippen molar-refractivity contribution >= 4 is 33.7 Å². The molecule has 2 amide bonds. The normalized spacial score (nSPS) is 25.6. The van der Waals surface area contributed by atoms with Gasteiger partial charge in [-0.3, -0.25) is 9.69 Å². The molecule has 1 aliphatic heterocycles. The van der Waals surface area contributed by atoms with Gasteiger partial charge in [0.2, 0.25) is 0 Å². The molecule has 9 heteroatoms. The van der Waals surface area contributed by atoms with Gasteiger partial charge in [0.25, 0.3) is 5.91 Å². The molecule has 0 bridgehead atoms. The number of nitrogens with zero attached hydrogens (tertiary/aromatic N) is 2. The van der Waals surface area contributed by atoms with Crippen LogP contribution in [0.5, 0.6) is 0 Å². The van der Waals surface area contributed by atoms with E-state index in [9.17, 15) is 19.1 Å². The molecule has 1 fully saturated rings. The third-order valence-corrected chi connectivity index (χ3v) is 3.32. The number of likely N-dealkylation sites (tertiary alicyclic amines) is 1. The number of anilines is 1. The third kappa shape index (κ3) is 2.88. The minimum Gasteiger partial charge on any atom is -0.465 e. The third-order valence-electron chi connectivity index (χ3n) is 2.88. The van der Waals surface area contributed by atoms with Gasteiger partial charge in [0.1, 0.15) is 28.7 Å². The lowest BCUT2D eigenvalue weighted by molar-refractivity contribution is -0.122. The molecule has 0 radical (unpaired) electrons. The summed E-state index contributed by atoms with van der Waals surface area (Å²) in [7, 11) is 0. The molecule has 0 aromatic carbocycles. The molecule has 1 aromatic rings. The SMILES string of the molecule is O=C(Nc1cccc(Br)n1)C1C(O)C(F)CN1C(=O)O. The number of aromatic nitrogens is 1. The summed E-state index contributed by atoms with van der Waals surface area (Å²) in [4.78, 5) is 27.5. The number of aliphatic hydroxyl groups is 1. The number of hydrogen-bond acceptors (Lipinski definition) is 4. The molecule has 1 aliphatic rings. The highest BCUT2D eigenvalue weighted by Gasteiger charge is 2.47. The zero-order valence-electron chi connectivity index (χ0n) is 10.0. The highest BCUT2D eigenvalue weighted by molar-refractivity contribution is 9.10. The summed E-state index contributed by atoms with van der Waals surface area (Å²) in [5, 5.41) is 20.9. The average Bonchev–Trinajstić information content (AvgIpc) is 2.66. The Kier molecular flexibility index (Phi) is 4.19. The Morgan fingerprint density at radius 2 is 2.20 bits per heavy atom. The summed E-state index contributed by atoms with van der Waals surface area (Å²) in [5.74, 6) is -0.658. The van der Waals surface area contributed by atoms with E-state index >= 15 is 0 Å². The highest BCUT2D eigenvalue weighted by atomic mass is 79.9. The first-order chi connectivity index (χ1) is 9.40. The van der Waals surface area contributed by atoms with E-state index in [-0.39, 0.29) is 5.82 Å². The lowest BCUT2D eigenvalue weighted by Crippen LogP contribution is -2.47. The van der Waals surface area contributed by atoms with E-state index in [0.717, 1.165) is 0 Å². The lowest BCUT2D eigenvalue weighted by atomic mass is 10.1. The van der Waals surface area contributed by atoms with Gasteiger partial charge < -0.3 is 15.5 Å². The number of pyridine rings is 1. The summed E-state index contributed by atoms with van der Waals surface area (Å²) in [6, 6.07) is 3.25. The average molecular weight is 348 g/mol. The maximum Gasteiger partial charge on any atom is 0.408 e. The molecular weight excluding hydrogens is 337 g/mol. The maximum absolute atomic E-state index is 13.4. The van der Waals surface area contributed by atoms with Crippen molar-refractivity contribution in [2.75, 3.05) is 11.9 Å². The van der Waals surface area contributed by atoms with Crippen molar-refractivity contribution in [2.24, 2.45) is 0 Å². The summed E-state index contributed by atoms with van der Waals surface area (Å²) in [6.45, 7) is -0.541. The van der Waals surface area contributed by atoms with Crippen molar-refractivity contribution in [3.05, 3.63) is 22.8 Å². The zero-order valence-corrected chi connectivity index (χ0v) is 11.6. The molecule has 20 heavy (non-hydrogen) atoms. The van der Waals surface area contributed by atoms with Gasteiger partial charge >= 0.3 is 6.09 Å². The van der Waals surface area contributed by atoms with Crippen molar-refractivity contribution in [3.8, 4) is 0 Å². The number of carboxylic acid groups (broad SMARTS) is 1. The van der Waals surface area contributed by atoms with Gasteiger partial charge in [-0.2, -0.15) is 0 Å². The van der Waals surface area contributed by atoms with Crippen LogP contribution in [0, 0.1) is 0 Å². The second kappa shape index (κ2) is 5.71. The Morgan fingerprint density at radius 1 is 1.50 bits per heavy atom. The van der Waals surface area contributed by atoms with Gasteiger partial charge in [-0.05, 0) is 28.1 Å². The van der Waals surface area contributed by atoms with E-state index in [1.165, 1.54) is 6.07 Å². The summed E-state index contributed by atoms with van der Waals surface area (Å²) < 4.78 is 13.9. The molecule has 3 unspecified atom stereocenters. The van der Waals surface area contributed by atoms with E-state index in [0.29, 0.717) is 9.50 Å². The quantitative estimate of drug-likeness (QED) is 0.688. The van der Waals surface area contributed by atoms with Crippen LogP contribution in [0.2, 0.25) is 0 Å². The summed E-state index contributed by atoms with van der Waals surface area (Å²) in [5.41, 5.74) is 0. The second-order valence-electron chi connectivity index (χ2n) is 4.22. The van der Waals surface area contributed by atoms with Crippen molar-refractivity contribution in [1.82, 2.24) is 9.88 Å².